The summed E-state index contributed by atoms with van der Waals surface area (Å²) in [5, 5.41) is 0. The first-order valence-electron chi connectivity index (χ1n) is 12.3. The molecule has 164 valence electrons. The van der Waals surface area contributed by atoms with E-state index >= 15 is 0 Å². The van der Waals surface area contributed by atoms with E-state index in [1.807, 2.05) is 0 Å². The SMILES string of the molecule is O=C(OCOCC1CC2CCC1C2)C1C2C=CC(C2)C1C(=O)OC1CC2CCC1C2. The lowest BCUT2D eigenvalue weighted by atomic mass is 9.83. The largest absolute Gasteiger partial charge is 0.462 e. The van der Waals surface area contributed by atoms with Crippen LogP contribution in [-0.2, 0) is 23.8 Å². The van der Waals surface area contributed by atoms with E-state index in [1.54, 1.807) is 0 Å². The second-order valence-electron chi connectivity index (χ2n) is 11.0. The Morgan fingerprint density at radius 2 is 1.47 bits per heavy atom. The summed E-state index contributed by atoms with van der Waals surface area (Å²) in [4.78, 5) is 26.0. The molecule has 6 aliphatic carbocycles. The monoisotopic (exact) mass is 414 g/mol. The Morgan fingerprint density at radius 3 is 2.10 bits per heavy atom. The van der Waals surface area contributed by atoms with E-state index in [0.29, 0.717) is 18.4 Å². The van der Waals surface area contributed by atoms with Crippen molar-refractivity contribution in [1.29, 1.82) is 0 Å². The molecule has 6 aliphatic rings. The number of ether oxygens (including phenoxy) is 3. The minimum Gasteiger partial charge on any atom is -0.462 e. The van der Waals surface area contributed by atoms with Gasteiger partial charge < -0.3 is 14.2 Å². The molecule has 0 aliphatic heterocycles. The van der Waals surface area contributed by atoms with E-state index in [4.69, 9.17) is 14.2 Å². The Bertz CT molecular complexity index is 731. The molecule has 10 atom stereocenters. The first kappa shape index (κ1) is 19.3. The number of rotatable bonds is 7. The van der Waals surface area contributed by atoms with Crippen LogP contribution >= 0.6 is 0 Å². The molecule has 0 amide bonds. The molecule has 0 heterocycles. The van der Waals surface area contributed by atoms with Crippen LogP contribution in [-0.4, -0.2) is 31.4 Å². The van der Waals surface area contributed by atoms with Gasteiger partial charge in [-0.1, -0.05) is 18.6 Å². The van der Waals surface area contributed by atoms with Gasteiger partial charge >= 0.3 is 11.9 Å². The van der Waals surface area contributed by atoms with Gasteiger partial charge in [0.15, 0.2) is 6.79 Å². The van der Waals surface area contributed by atoms with Crippen molar-refractivity contribution in [2.24, 2.45) is 53.3 Å². The van der Waals surface area contributed by atoms with Crippen molar-refractivity contribution in [3.8, 4) is 0 Å². The van der Waals surface area contributed by atoms with E-state index in [2.05, 4.69) is 12.2 Å². The minimum absolute atomic E-state index is 0.0124. The number of carbonyl (C=O) groups is 2. The predicted molar refractivity (Wildman–Crippen MR) is 109 cm³/mol. The van der Waals surface area contributed by atoms with Crippen molar-refractivity contribution in [3.63, 3.8) is 0 Å². The predicted octanol–water partition coefficient (Wildman–Crippen LogP) is 4.11. The minimum atomic E-state index is -0.405. The summed E-state index contributed by atoms with van der Waals surface area (Å²) in [5.41, 5.74) is 0. The maximum atomic E-state index is 13.1. The Hall–Kier alpha value is -1.36. The summed E-state index contributed by atoms with van der Waals surface area (Å²) in [6.07, 6.45) is 15.2. The second-order valence-corrected chi connectivity index (χ2v) is 11.0. The van der Waals surface area contributed by atoms with E-state index in [1.165, 1.54) is 44.9 Å². The molecule has 5 saturated carbocycles. The summed E-state index contributed by atoms with van der Waals surface area (Å²) >= 11 is 0. The topological polar surface area (TPSA) is 61.8 Å². The van der Waals surface area contributed by atoms with E-state index < -0.39 is 5.92 Å². The zero-order valence-electron chi connectivity index (χ0n) is 17.7. The van der Waals surface area contributed by atoms with E-state index in [9.17, 15) is 9.59 Å². The number of carbonyl (C=O) groups excluding carboxylic acids is 2. The van der Waals surface area contributed by atoms with Crippen LogP contribution in [0.15, 0.2) is 12.2 Å². The summed E-state index contributed by atoms with van der Waals surface area (Å²) in [6.45, 7) is 0.708. The number of hydrogen-bond acceptors (Lipinski definition) is 5. The fourth-order valence-electron chi connectivity index (χ4n) is 8.00. The number of allylic oxidation sites excluding steroid dienone is 2. The van der Waals surface area contributed by atoms with E-state index in [0.717, 1.165) is 30.6 Å². The molecule has 0 radical (unpaired) electrons. The standard InChI is InChI=1S/C25H34O5/c26-24(29-13-28-12-20-9-14-1-3-16(20)7-14)22-18-5-6-19(11-18)23(22)25(27)30-21-10-15-2-4-17(21)8-15/h5-6,14-23H,1-4,7-13H2. The molecule has 30 heavy (non-hydrogen) atoms. The molecule has 0 aromatic rings. The Kier molecular flexibility index (Phi) is 4.93. The van der Waals surface area contributed by atoms with Crippen molar-refractivity contribution >= 4 is 11.9 Å². The van der Waals surface area contributed by atoms with Gasteiger partial charge in [0.1, 0.15) is 6.10 Å². The maximum Gasteiger partial charge on any atom is 0.312 e. The molecular weight excluding hydrogens is 380 g/mol. The first-order chi connectivity index (χ1) is 14.7. The van der Waals surface area contributed by atoms with Crippen LogP contribution in [0.2, 0.25) is 0 Å². The van der Waals surface area contributed by atoms with E-state index in [-0.39, 0.29) is 42.6 Å². The first-order valence-corrected chi connectivity index (χ1v) is 12.3. The van der Waals surface area contributed by atoms with Gasteiger partial charge in [-0.2, -0.15) is 0 Å². The zero-order valence-corrected chi connectivity index (χ0v) is 17.7. The molecule has 0 saturated heterocycles. The third kappa shape index (κ3) is 3.32. The molecule has 0 aromatic carbocycles. The highest BCUT2D eigenvalue weighted by Gasteiger charge is 2.54. The average Bonchev–Trinajstić information content (AvgIpc) is 3.57. The van der Waals surface area contributed by atoms with Gasteiger partial charge in [-0.15, -0.1) is 0 Å². The van der Waals surface area contributed by atoms with Crippen molar-refractivity contribution in [2.75, 3.05) is 13.4 Å². The molecule has 5 fully saturated rings. The van der Waals surface area contributed by atoms with Gasteiger partial charge in [-0.3, -0.25) is 9.59 Å². The zero-order chi connectivity index (χ0) is 20.2. The highest BCUT2D eigenvalue weighted by atomic mass is 16.7. The van der Waals surface area contributed by atoms with Crippen LogP contribution in [0.3, 0.4) is 0 Å². The molecule has 0 aromatic heterocycles. The Morgan fingerprint density at radius 1 is 0.767 bits per heavy atom. The van der Waals surface area contributed by atoms with Crippen molar-refractivity contribution in [2.45, 2.75) is 63.9 Å². The Labute approximate surface area is 178 Å². The van der Waals surface area contributed by atoms with Crippen molar-refractivity contribution in [1.82, 2.24) is 0 Å². The van der Waals surface area contributed by atoms with Gasteiger partial charge in [-0.25, -0.2) is 0 Å². The summed E-state index contributed by atoms with van der Waals surface area (Å²) in [5.74, 6) is 2.61. The second kappa shape index (κ2) is 7.65. The normalized spacial score (nSPS) is 47.3. The molecule has 6 rings (SSSR count). The lowest BCUT2D eigenvalue weighted by Crippen LogP contribution is -2.38. The summed E-state index contributed by atoms with van der Waals surface area (Å²) in [7, 11) is 0. The quantitative estimate of drug-likeness (QED) is 0.272. The Balaban J connectivity index is 1.02. The molecule has 5 nitrogen and oxygen atoms in total. The number of hydrogen-bond donors (Lipinski definition) is 0. The van der Waals surface area contributed by atoms with Gasteiger partial charge in [0.05, 0.1) is 18.4 Å². The van der Waals surface area contributed by atoms with Crippen LogP contribution in [0.1, 0.15) is 57.8 Å². The third-order valence-electron chi connectivity index (χ3n) is 9.45. The van der Waals surface area contributed by atoms with Gasteiger partial charge in [0.25, 0.3) is 0 Å². The van der Waals surface area contributed by atoms with Gasteiger partial charge in [-0.05, 0) is 92.8 Å². The van der Waals surface area contributed by atoms with Gasteiger partial charge in [0, 0.05) is 0 Å². The molecule has 10 unspecified atom stereocenters. The number of fused-ring (bicyclic) bond motifs is 6. The molecule has 5 heteroatoms. The van der Waals surface area contributed by atoms with Crippen LogP contribution < -0.4 is 0 Å². The highest BCUT2D eigenvalue weighted by Crippen LogP contribution is 2.51. The molecular formula is C25H34O5. The molecule has 0 spiro atoms. The fraction of sp³-hybridized carbons (Fsp3) is 0.840. The van der Waals surface area contributed by atoms with Crippen LogP contribution in [0, 0.1) is 53.3 Å². The third-order valence-corrected chi connectivity index (χ3v) is 9.45. The lowest BCUT2D eigenvalue weighted by molar-refractivity contribution is -0.173. The van der Waals surface area contributed by atoms with Gasteiger partial charge in [0.2, 0.25) is 0 Å². The molecule has 6 bridgehead atoms. The lowest BCUT2D eigenvalue weighted by Gasteiger charge is -2.28. The molecule has 0 N–H and O–H groups in total. The number of esters is 2. The fourth-order valence-corrected chi connectivity index (χ4v) is 8.00. The summed E-state index contributed by atoms with van der Waals surface area (Å²) in [6, 6.07) is 0. The van der Waals surface area contributed by atoms with Crippen LogP contribution in [0.5, 0.6) is 0 Å². The maximum absolute atomic E-state index is 13.1. The van der Waals surface area contributed by atoms with Crippen LogP contribution in [0.4, 0.5) is 0 Å². The smallest absolute Gasteiger partial charge is 0.312 e. The van der Waals surface area contributed by atoms with Crippen molar-refractivity contribution < 1.29 is 23.8 Å². The van der Waals surface area contributed by atoms with Crippen molar-refractivity contribution in [3.05, 3.63) is 12.2 Å². The average molecular weight is 415 g/mol. The van der Waals surface area contributed by atoms with Crippen LogP contribution in [0.25, 0.3) is 0 Å². The summed E-state index contributed by atoms with van der Waals surface area (Å²) < 4.78 is 17.2. The highest BCUT2D eigenvalue weighted by molar-refractivity contribution is 5.84.